The molecule has 1 aliphatic carbocycles. The van der Waals surface area contributed by atoms with Crippen molar-refractivity contribution in [3.63, 3.8) is 0 Å². The zero-order chi connectivity index (χ0) is 11.0. The molecule has 1 aromatic carbocycles. The van der Waals surface area contributed by atoms with Gasteiger partial charge in [-0.3, -0.25) is 4.90 Å². The third-order valence-electron chi connectivity index (χ3n) is 4.34. The standard InChI is InChI=1S/C15H21N/c1-2-8-16-9-7-14-10-12-5-3-4-6-13(12)11-15(14)16/h3-6,14-15H,2,7-11H2,1H3/t14-,15-/m1/s1. The van der Waals surface area contributed by atoms with Crippen molar-refractivity contribution >= 4 is 0 Å². The minimum absolute atomic E-state index is 0.842. The minimum atomic E-state index is 0.842. The highest BCUT2D eigenvalue weighted by molar-refractivity contribution is 5.31. The second kappa shape index (κ2) is 4.21. The van der Waals surface area contributed by atoms with E-state index in [1.807, 2.05) is 0 Å². The van der Waals surface area contributed by atoms with Gasteiger partial charge in [-0.05, 0) is 55.8 Å². The Labute approximate surface area is 98.5 Å². The first-order valence-electron chi connectivity index (χ1n) is 6.69. The van der Waals surface area contributed by atoms with Crippen LogP contribution in [0, 0.1) is 5.92 Å². The summed E-state index contributed by atoms with van der Waals surface area (Å²) in [5, 5.41) is 0. The van der Waals surface area contributed by atoms with E-state index in [0.29, 0.717) is 0 Å². The van der Waals surface area contributed by atoms with Gasteiger partial charge in [0.25, 0.3) is 0 Å². The largest absolute Gasteiger partial charge is 0.300 e. The number of likely N-dealkylation sites (tertiary alicyclic amines) is 1. The molecule has 2 atom stereocenters. The Morgan fingerprint density at radius 3 is 2.69 bits per heavy atom. The quantitative estimate of drug-likeness (QED) is 0.733. The lowest BCUT2D eigenvalue weighted by Gasteiger charge is -2.33. The molecule has 0 aromatic heterocycles. The lowest BCUT2D eigenvalue weighted by molar-refractivity contribution is 0.216. The van der Waals surface area contributed by atoms with Crippen molar-refractivity contribution in [1.29, 1.82) is 0 Å². The van der Waals surface area contributed by atoms with Gasteiger partial charge in [0.2, 0.25) is 0 Å². The normalized spacial score (nSPS) is 28.8. The topological polar surface area (TPSA) is 3.24 Å². The van der Waals surface area contributed by atoms with Crippen molar-refractivity contribution in [1.82, 2.24) is 4.90 Å². The molecule has 1 fully saturated rings. The van der Waals surface area contributed by atoms with E-state index in [2.05, 4.69) is 36.1 Å². The molecular weight excluding hydrogens is 194 g/mol. The average molecular weight is 215 g/mol. The third-order valence-corrected chi connectivity index (χ3v) is 4.34. The summed E-state index contributed by atoms with van der Waals surface area (Å²) in [6, 6.07) is 9.88. The van der Waals surface area contributed by atoms with Gasteiger partial charge in [0, 0.05) is 6.04 Å². The van der Waals surface area contributed by atoms with Crippen LogP contribution in [0.4, 0.5) is 0 Å². The summed E-state index contributed by atoms with van der Waals surface area (Å²) in [4.78, 5) is 2.72. The lowest BCUT2D eigenvalue weighted by atomic mass is 9.80. The lowest BCUT2D eigenvalue weighted by Crippen LogP contribution is -2.38. The van der Waals surface area contributed by atoms with E-state index in [4.69, 9.17) is 0 Å². The number of benzene rings is 1. The first-order chi connectivity index (χ1) is 7.88. The molecule has 2 aliphatic rings. The Kier molecular flexibility index (Phi) is 2.72. The summed E-state index contributed by atoms with van der Waals surface area (Å²) in [7, 11) is 0. The molecule has 0 saturated carbocycles. The maximum atomic E-state index is 2.72. The molecule has 0 unspecified atom stereocenters. The highest BCUT2D eigenvalue weighted by Crippen LogP contribution is 2.35. The maximum Gasteiger partial charge on any atom is 0.0168 e. The fourth-order valence-electron chi connectivity index (χ4n) is 3.55. The molecular formula is C15H21N. The van der Waals surface area contributed by atoms with E-state index in [1.165, 1.54) is 38.8 Å². The van der Waals surface area contributed by atoms with Crippen LogP contribution in [0.1, 0.15) is 30.9 Å². The summed E-state index contributed by atoms with van der Waals surface area (Å²) in [6.07, 6.45) is 5.33. The van der Waals surface area contributed by atoms with Gasteiger partial charge in [0.15, 0.2) is 0 Å². The Balaban J connectivity index is 1.83. The van der Waals surface area contributed by atoms with Crippen LogP contribution in [0.15, 0.2) is 24.3 Å². The van der Waals surface area contributed by atoms with Crippen molar-refractivity contribution < 1.29 is 0 Å². The van der Waals surface area contributed by atoms with Crippen LogP contribution < -0.4 is 0 Å². The van der Waals surface area contributed by atoms with Crippen LogP contribution in [0.5, 0.6) is 0 Å². The van der Waals surface area contributed by atoms with Crippen molar-refractivity contribution in [2.45, 2.75) is 38.6 Å². The first kappa shape index (κ1) is 10.3. The second-order valence-electron chi connectivity index (χ2n) is 5.33. The van der Waals surface area contributed by atoms with Crippen LogP contribution >= 0.6 is 0 Å². The molecule has 0 spiro atoms. The van der Waals surface area contributed by atoms with Gasteiger partial charge >= 0.3 is 0 Å². The molecule has 0 radical (unpaired) electrons. The Morgan fingerprint density at radius 2 is 1.94 bits per heavy atom. The highest BCUT2D eigenvalue weighted by atomic mass is 15.2. The van der Waals surface area contributed by atoms with E-state index < -0.39 is 0 Å². The fourth-order valence-corrected chi connectivity index (χ4v) is 3.55. The van der Waals surface area contributed by atoms with Gasteiger partial charge < -0.3 is 0 Å². The number of rotatable bonds is 2. The zero-order valence-electron chi connectivity index (χ0n) is 10.2. The molecule has 1 heterocycles. The predicted molar refractivity (Wildman–Crippen MR) is 67.6 cm³/mol. The molecule has 1 aromatic rings. The molecule has 86 valence electrons. The Hall–Kier alpha value is -0.820. The SMILES string of the molecule is CCCN1CC[C@@H]2Cc3ccccc3C[C@H]21. The smallest absolute Gasteiger partial charge is 0.0168 e. The summed E-state index contributed by atoms with van der Waals surface area (Å²) >= 11 is 0. The molecule has 1 saturated heterocycles. The average Bonchev–Trinajstić information content (AvgIpc) is 2.70. The monoisotopic (exact) mass is 215 g/mol. The molecule has 3 rings (SSSR count). The Morgan fingerprint density at radius 1 is 1.19 bits per heavy atom. The van der Waals surface area contributed by atoms with Gasteiger partial charge in [0.05, 0.1) is 0 Å². The summed E-state index contributed by atoms with van der Waals surface area (Å²) in [5.41, 5.74) is 3.22. The molecule has 1 aliphatic heterocycles. The molecule has 0 N–H and O–H groups in total. The van der Waals surface area contributed by atoms with Crippen LogP contribution in [0.25, 0.3) is 0 Å². The van der Waals surface area contributed by atoms with Gasteiger partial charge in [-0.1, -0.05) is 31.2 Å². The van der Waals surface area contributed by atoms with E-state index >= 15 is 0 Å². The second-order valence-corrected chi connectivity index (χ2v) is 5.33. The van der Waals surface area contributed by atoms with E-state index in [9.17, 15) is 0 Å². The van der Waals surface area contributed by atoms with Crippen LogP contribution in [0.3, 0.4) is 0 Å². The van der Waals surface area contributed by atoms with Crippen LogP contribution in [0.2, 0.25) is 0 Å². The van der Waals surface area contributed by atoms with E-state index in [-0.39, 0.29) is 0 Å². The maximum absolute atomic E-state index is 2.72. The molecule has 16 heavy (non-hydrogen) atoms. The number of fused-ring (bicyclic) bond motifs is 2. The van der Waals surface area contributed by atoms with Gasteiger partial charge in [-0.25, -0.2) is 0 Å². The van der Waals surface area contributed by atoms with Gasteiger partial charge in [0.1, 0.15) is 0 Å². The van der Waals surface area contributed by atoms with E-state index in [0.717, 1.165) is 12.0 Å². The number of hydrogen-bond donors (Lipinski definition) is 0. The fraction of sp³-hybridized carbons (Fsp3) is 0.600. The highest BCUT2D eigenvalue weighted by Gasteiger charge is 2.36. The van der Waals surface area contributed by atoms with Gasteiger partial charge in [-0.2, -0.15) is 0 Å². The van der Waals surface area contributed by atoms with Crippen molar-refractivity contribution in [3.05, 3.63) is 35.4 Å². The van der Waals surface area contributed by atoms with Crippen LogP contribution in [-0.4, -0.2) is 24.0 Å². The summed E-state index contributed by atoms with van der Waals surface area (Å²) in [6.45, 7) is 4.92. The van der Waals surface area contributed by atoms with Crippen LogP contribution in [-0.2, 0) is 12.8 Å². The zero-order valence-corrected chi connectivity index (χ0v) is 10.2. The van der Waals surface area contributed by atoms with Crippen molar-refractivity contribution in [2.75, 3.05) is 13.1 Å². The molecule has 0 amide bonds. The minimum Gasteiger partial charge on any atom is -0.300 e. The van der Waals surface area contributed by atoms with Gasteiger partial charge in [-0.15, -0.1) is 0 Å². The van der Waals surface area contributed by atoms with Crippen molar-refractivity contribution in [2.24, 2.45) is 5.92 Å². The molecule has 0 bridgehead atoms. The third kappa shape index (κ3) is 1.67. The Bertz CT molecular complexity index is 371. The summed E-state index contributed by atoms with van der Waals surface area (Å²) in [5.74, 6) is 0.932. The number of hydrogen-bond acceptors (Lipinski definition) is 1. The first-order valence-corrected chi connectivity index (χ1v) is 6.69. The molecule has 1 heteroatoms. The predicted octanol–water partition coefficient (Wildman–Crippen LogP) is 2.89. The molecule has 1 nitrogen and oxygen atoms in total. The number of nitrogens with zero attached hydrogens (tertiary/aromatic N) is 1. The summed E-state index contributed by atoms with van der Waals surface area (Å²) < 4.78 is 0. The van der Waals surface area contributed by atoms with E-state index in [1.54, 1.807) is 11.1 Å². The van der Waals surface area contributed by atoms with Crippen molar-refractivity contribution in [3.8, 4) is 0 Å².